The summed E-state index contributed by atoms with van der Waals surface area (Å²) in [5, 5.41) is 95.0. The van der Waals surface area contributed by atoms with E-state index in [0.29, 0.717) is 34.3 Å². The van der Waals surface area contributed by atoms with Gasteiger partial charge in [-0.05, 0) is 62.7 Å². The third kappa shape index (κ3) is 3.98. The number of phenolic OH excluding ortho intramolecular Hbond substituents is 8. The number of aromatic hydroxyl groups is 8. The van der Waals surface area contributed by atoms with Gasteiger partial charge in [-0.3, -0.25) is 0 Å². The first-order valence-electron chi connectivity index (χ1n) is 17.4. The van der Waals surface area contributed by atoms with Gasteiger partial charge in [0.25, 0.3) is 0 Å². The highest BCUT2D eigenvalue weighted by atomic mass is 16.4. The van der Waals surface area contributed by atoms with Gasteiger partial charge in [0, 0.05) is 49.2 Å². The molecule has 0 saturated carbocycles. The van der Waals surface area contributed by atoms with Crippen molar-refractivity contribution < 1.29 is 45.3 Å². The maximum atomic E-state index is 11.8. The number of benzene rings is 8. The van der Waals surface area contributed by atoms with Gasteiger partial charge in [-0.15, -0.1) is 0 Å². The monoisotopic (exact) mass is 714 g/mol. The molecule has 0 saturated heterocycles. The van der Waals surface area contributed by atoms with Crippen molar-refractivity contribution in [3.05, 3.63) is 108 Å². The summed E-state index contributed by atoms with van der Waals surface area (Å²) >= 11 is 0. The third-order valence-electron chi connectivity index (χ3n) is 11.2. The number of rotatable bonds is 2. The Balaban J connectivity index is 1.42. The van der Waals surface area contributed by atoms with Crippen molar-refractivity contribution in [2.75, 3.05) is 0 Å². The average Bonchev–Trinajstić information content (AvgIpc) is 3.58. The van der Waals surface area contributed by atoms with E-state index in [1.54, 1.807) is 30.3 Å². The van der Waals surface area contributed by atoms with E-state index in [0.717, 1.165) is 38.2 Å². The molecule has 10 rings (SSSR count). The highest BCUT2D eigenvalue weighted by molar-refractivity contribution is 6.30. The molecule has 8 aromatic carbocycles. The van der Waals surface area contributed by atoms with Crippen molar-refractivity contribution in [1.82, 2.24) is 0 Å². The Bertz CT molecular complexity index is 3060. The zero-order valence-electron chi connectivity index (χ0n) is 28.5. The smallest absolute Gasteiger partial charge is 0.204 e. The fourth-order valence-electron chi connectivity index (χ4n) is 8.73. The van der Waals surface area contributed by atoms with Gasteiger partial charge >= 0.3 is 0 Å². The fourth-order valence-corrected chi connectivity index (χ4v) is 8.73. The molecule has 0 aliphatic heterocycles. The Kier molecular flexibility index (Phi) is 6.34. The summed E-state index contributed by atoms with van der Waals surface area (Å²) in [6.45, 7) is 2.10. The van der Waals surface area contributed by atoms with Crippen molar-refractivity contribution in [1.29, 1.82) is 0 Å². The summed E-state index contributed by atoms with van der Waals surface area (Å²) in [5.41, 5.74) is 4.01. The average molecular weight is 715 g/mol. The first-order chi connectivity index (χ1) is 26.1. The lowest BCUT2D eigenvalue weighted by Gasteiger charge is -2.24. The lowest BCUT2D eigenvalue weighted by Crippen LogP contribution is -2.07. The van der Waals surface area contributed by atoms with Crippen LogP contribution in [0.3, 0.4) is 0 Å². The van der Waals surface area contributed by atoms with E-state index in [2.05, 4.69) is 13.0 Å². The van der Waals surface area contributed by atoms with Crippen LogP contribution < -0.4 is 0 Å². The van der Waals surface area contributed by atoms with Crippen LogP contribution in [-0.4, -0.2) is 40.9 Å². The second kappa shape index (κ2) is 10.9. The Labute approximate surface area is 305 Å². The van der Waals surface area contributed by atoms with Gasteiger partial charge in [-0.1, -0.05) is 91.9 Å². The van der Waals surface area contributed by atoms with Crippen LogP contribution >= 0.6 is 0 Å². The van der Waals surface area contributed by atoms with Gasteiger partial charge in [-0.2, -0.15) is 0 Å². The SMILES string of the molecule is CC1Cc2c(oc3cccc(-c4c5c(O)c(O)c(O)c(O)c5c(-c5ccc6c(ccc7ccccc76)c5)c5c(O)c(O)c(O)c(O)c45)c23)-c2ccccc21. The molecule has 264 valence electrons. The second-order valence-electron chi connectivity index (χ2n) is 14.0. The number of fused-ring (bicyclic) bond motifs is 10. The molecule has 8 N–H and O–H groups in total. The quantitative estimate of drug-likeness (QED) is 0.0375. The molecular weight excluding hydrogens is 684 g/mol. The number of hydrogen-bond donors (Lipinski definition) is 8. The van der Waals surface area contributed by atoms with E-state index in [1.165, 1.54) is 0 Å². The molecule has 1 aromatic heterocycles. The Hall–Kier alpha value is -7.26. The normalized spacial score (nSPS) is 14.0. The van der Waals surface area contributed by atoms with Crippen molar-refractivity contribution >= 4 is 54.1 Å². The zero-order chi connectivity index (χ0) is 37.3. The number of phenols is 8. The molecule has 1 atom stereocenters. The minimum absolute atomic E-state index is 0.00560. The molecule has 1 unspecified atom stereocenters. The third-order valence-corrected chi connectivity index (χ3v) is 11.2. The predicted octanol–water partition coefficient (Wildman–Crippen LogP) is 10.4. The van der Waals surface area contributed by atoms with Crippen molar-refractivity contribution in [3.8, 4) is 79.6 Å². The Morgan fingerprint density at radius 1 is 0.481 bits per heavy atom. The summed E-state index contributed by atoms with van der Waals surface area (Å²) in [6.07, 6.45) is 0.558. The minimum Gasteiger partial charge on any atom is -0.504 e. The summed E-state index contributed by atoms with van der Waals surface area (Å²) < 4.78 is 6.51. The van der Waals surface area contributed by atoms with E-state index in [1.807, 2.05) is 60.7 Å². The van der Waals surface area contributed by atoms with Crippen LogP contribution in [0.4, 0.5) is 0 Å². The van der Waals surface area contributed by atoms with E-state index < -0.39 is 46.0 Å². The second-order valence-corrected chi connectivity index (χ2v) is 14.0. The summed E-state index contributed by atoms with van der Waals surface area (Å²) in [6, 6.07) is 30.2. The van der Waals surface area contributed by atoms with Crippen LogP contribution in [0, 0.1) is 0 Å². The maximum absolute atomic E-state index is 11.8. The lowest BCUT2D eigenvalue weighted by atomic mass is 9.79. The van der Waals surface area contributed by atoms with Gasteiger partial charge in [0.05, 0.1) is 0 Å². The standard InChI is InChI=1S/C45H30O9/c1-19-17-28-31-27(11-6-12-29(31)54-45(28)26-10-5-4-8-23(19)26)32-35-33(37(46)41(50)43(52)39(35)48)30(34-36(32)40(49)44(53)42(51)38(34)47)22-15-16-25-21(18-22)14-13-20-7-2-3-9-24(20)25/h2-16,18-19,46-53H,17H2,1H3. The zero-order valence-corrected chi connectivity index (χ0v) is 28.5. The molecule has 54 heavy (non-hydrogen) atoms. The highest BCUT2D eigenvalue weighted by Crippen LogP contribution is 2.63. The van der Waals surface area contributed by atoms with Crippen molar-refractivity contribution in [3.63, 3.8) is 0 Å². The molecule has 1 heterocycles. The molecule has 9 heteroatoms. The molecule has 0 amide bonds. The highest BCUT2D eigenvalue weighted by Gasteiger charge is 2.35. The largest absolute Gasteiger partial charge is 0.504 e. The first-order valence-corrected chi connectivity index (χ1v) is 17.4. The molecule has 0 radical (unpaired) electrons. The number of hydrogen-bond acceptors (Lipinski definition) is 9. The molecular formula is C45H30O9. The van der Waals surface area contributed by atoms with E-state index in [-0.39, 0.29) is 38.6 Å². The minimum atomic E-state index is -1.02. The predicted molar refractivity (Wildman–Crippen MR) is 208 cm³/mol. The van der Waals surface area contributed by atoms with Crippen LogP contribution in [0.5, 0.6) is 46.0 Å². The molecule has 9 aromatic rings. The van der Waals surface area contributed by atoms with Crippen molar-refractivity contribution in [2.24, 2.45) is 0 Å². The first kappa shape index (κ1) is 31.5. The van der Waals surface area contributed by atoms with Gasteiger partial charge in [0.2, 0.25) is 23.0 Å². The summed E-state index contributed by atoms with van der Waals surface area (Å²) in [7, 11) is 0. The van der Waals surface area contributed by atoms with E-state index in [9.17, 15) is 40.9 Å². The number of furan rings is 1. The van der Waals surface area contributed by atoms with Gasteiger partial charge in [0.15, 0.2) is 23.0 Å². The molecule has 0 fully saturated rings. The molecule has 0 spiro atoms. The van der Waals surface area contributed by atoms with Crippen LogP contribution in [-0.2, 0) is 6.42 Å². The Morgan fingerprint density at radius 2 is 1.04 bits per heavy atom. The van der Waals surface area contributed by atoms with Crippen LogP contribution in [0.25, 0.3) is 87.6 Å². The van der Waals surface area contributed by atoms with Crippen molar-refractivity contribution in [2.45, 2.75) is 19.3 Å². The molecule has 0 bridgehead atoms. The maximum Gasteiger partial charge on any atom is 0.204 e. The molecule has 1 aliphatic rings. The van der Waals surface area contributed by atoms with Crippen LogP contribution in [0.15, 0.2) is 101 Å². The van der Waals surface area contributed by atoms with Gasteiger partial charge in [-0.25, -0.2) is 0 Å². The van der Waals surface area contributed by atoms with Crippen LogP contribution in [0.2, 0.25) is 0 Å². The Morgan fingerprint density at radius 3 is 1.72 bits per heavy atom. The van der Waals surface area contributed by atoms with Crippen LogP contribution in [0.1, 0.15) is 24.0 Å². The molecule has 9 nitrogen and oxygen atoms in total. The van der Waals surface area contributed by atoms with E-state index in [4.69, 9.17) is 4.42 Å². The van der Waals surface area contributed by atoms with Gasteiger partial charge in [0.1, 0.15) is 11.3 Å². The van der Waals surface area contributed by atoms with E-state index >= 15 is 0 Å². The molecule has 1 aliphatic carbocycles. The summed E-state index contributed by atoms with van der Waals surface area (Å²) in [4.78, 5) is 0. The fraction of sp³-hybridized carbons (Fsp3) is 0.0667. The summed E-state index contributed by atoms with van der Waals surface area (Å²) in [5.74, 6) is -6.67. The van der Waals surface area contributed by atoms with Gasteiger partial charge < -0.3 is 45.3 Å². The lowest BCUT2D eigenvalue weighted by molar-refractivity contribution is 0.350. The topological polar surface area (TPSA) is 175 Å².